The van der Waals surface area contributed by atoms with Crippen molar-refractivity contribution in [1.82, 2.24) is 20.3 Å². The van der Waals surface area contributed by atoms with Crippen molar-refractivity contribution < 1.29 is 14.3 Å². The highest BCUT2D eigenvalue weighted by molar-refractivity contribution is 6.33. The van der Waals surface area contributed by atoms with Gasteiger partial charge in [-0.25, -0.2) is 4.98 Å². The molecule has 4 heterocycles. The fourth-order valence-corrected chi connectivity index (χ4v) is 4.41. The van der Waals surface area contributed by atoms with Crippen LogP contribution >= 0.6 is 11.6 Å². The number of rotatable bonds is 8. The predicted octanol–water partition coefficient (Wildman–Crippen LogP) is 2.77. The third-order valence-corrected chi connectivity index (χ3v) is 6.49. The van der Waals surface area contributed by atoms with E-state index in [-0.39, 0.29) is 24.2 Å². The zero-order valence-corrected chi connectivity index (χ0v) is 19.1. The first kappa shape index (κ1) is 23.0. The minimum Gasteiger partial charge on any atom is -0.381 e. The number of ether oxygens (including phenoxy) is 2. The second-order valence-corrected chi connectivity index (χ2v) is 8.88. The molecule has 0 bridgehead atoms. The summed E-state index contributed by atoms with van der Waals surface area (Å²) in [6, 6.07) is 1.84. The second-order valence-electron chi connectivity index (χ2n) is 8.47. The molecule has 2 atom stereocenters. The van der Waals surface area contributed by atoms with Crippen LogP contribution < -0.4 is 10.6 Å². The van der Waals surface area contributed by atoms with Crippen LogP contribution in [-0.2, 0) is 20.7 Å². The van der Waals surface area contributed by atoms with Crippen molar-refractivity contribution >= 4 is 23.2 Å². The van der Waals surface area contributed by atoms with Gasteiger partial charge >= 0.3 is 0 Å². The van der Waals surface area contributed by atoms with Crippen LogP contribution in [0.3, 0.4) is 0 Å². The highest BCUT2D eigenvalue weighted by Gasteiger charge is 2.27. The van der Waals surface area contributed by atoms with E-state index in [1.165, 1.54) is 0 Å². The molecule has 0 aromatic carbocycles. The number of anilines is 1. The van der Waals surface area contributed by atoms with Gasteiger partial charge in [0, 0.05) is 69.8 Å². The molecule has 2 N–H and O–H groups in total. The molecule has 32 heavy (non-hydrogen) atoms. The van der Waals surface area contributed by atoms with E-state index in [0.717, 1.165) is 51.1 Å². The Morgan fingerprint density at radius 2 is 2.12 bits per heavy atom. The average molecular weight is 460 g/mol. The largest absolute Gasteiger partial charge is 0.381 e. The quantitative estimate of drug-likeness (QED) is 0.621. The van der Waals surface area contributed by atoms with Crippen molar-refractivity contribution in [3.63, 3.8) is 0 Å². The highest BCUT2D eigenvalue weighted by Crippen LogP contribution is 2.28. The number of carbonyl (C=O) groups excluding carboxylic acids is 1. The summed E-state index contributed by atoms with van der Waals surface area (Å²) in [5.74, 6) is 1.35. The standard InChI is InChI=1S/C23H30ClN5O3/c1-31-18-6-16(10-25-11-18)22(30)8-17-7-19(20(24)12-27-17)21-13-26-14-23(29-21)28-9-15-2-4-32-5-3-15/h7,12-16,18,25H,2-6,8-11H2,1H3,(H,28,29)/t16-,18+/m1/s1. The highest BCUT2D eigenvalue weighted by atomic mass is 35.5. The molecule has 0 aliphatic carbocycles. The van der Waals surface area contributed by atoms with Gasteiger partial charge in [-0.05, 0) is 31.2 Å². The Balaban J connectivity index is 1.43. The lowest BCUT2D eigenvalue weighted by Crippen LogP contribution is -2.43. The number of halogens is 1. The SMILES string of the molecule is CO[C@@H]1CNC[C@H](C(=O)Cc2cc(-c3cncc(NCC4CCOCC4)n3)c(Cl)cn2)C1. The minimum atomic E-state index is -0.0767. The lowest BCUT2D eigenvalue weighted by Gasteiger charge is -2.28. The summed E-state index contributed by atoms with van der Waals surface area (Å²) in [7, 11) is 1.68. The molecule has 2 aliphatic heterocycles. The summed E-state index contributed by atoms with van der Waals surface area (Å²) in [4.78, 5) is 26.2. The van der Waals surface area contributed by atoms with E-state index in [1.807, 2.05) is 6.07 Å². The number of hydrogen-bond donors (Lipinski definition) is 2. The molecule has 2 fully saturated rings. The number of methoxy groups -OCH3 is 1. The Morgan fingerprint density at radius 3 is 2.94 bits per heavy atom. The van der Waals surface area contributed by atoms with Crippen LogP contribution in [0.2, 0.25) is 5.02 Å². The van der Waals surface area contributed by atoms with Crippen LogP contribution in [0.4, 0.5) is 5.82 Å². The van der Waals surface area contributed by atoms with Gasteiger partial charge in [-0.3, -0.25) is 14.8 Å². The number of piperidine rings is 1. The van der Waals surface area contributed by atoms with E-state index in [4.69, 9.17) is 26.1 Å². The second kappa shape index (κ2) is 11.1. The van der Waals surface area contributed by atoms with Crippen LogP contribution in [0.5, 0.6) is 0 Å². The molecule has 0 amide bonds. The topological polar surface area (TPSA) is 98.3 Å². The fourth-order valence-electron chi connectivity index (χ4n) is 4.21. The maximum absolute atomic E-state index is 12.8. The molecule has 0 spiro atoms. The van der Waals surface area contributed by atoms with Crippen molar-refractivity contribution in [3.05, 3.63) is 35.4 Å². The Bertz CT molecular complexity index is 922. The van der Waals surface area contributed by atoms with Crippen LogP contribution in [0.15, 0.2) is 24.7 Å². The van der Waals surface area contributed by atoms with Crippen molar-refractivity contribution in [2.24, 2.45) is 11.8 Å². The van der Waals surface area contributed by atoms with E-state index in [9.17, 15) is 4.79 Å². The average Bonchev–Trinajstić information content (AvgIpc) is 2.84. The Kier molecular flexibility index (Phi) is 8.02. The normalized spacial score (nSPS) is 21.9. The summed E-state index contributed by atoms with van der Waals surface area (Å²) < 4.78 is 10.8. The molecule has 2 aromatic heterocycles. The van der Waals surface area contributed by atoms with Gasteiger partial charge in [0.2, 0.25) is 0 Å². The molecule has 4 rings (SSSR count). The molecule has 0 saturated carbocycles. The summed E-state index contributed by atoms with van der Waals surface area (Å²) >= 11 is 6.43. The summed E-state index contributed by atoms with van der Waals surface area (Å²) in [6.45, 7) is 3.92. The van der Waals surface area contributed by atoms with Crippen molar-refractivity contribution in [2.75, 3.05) is 45.3 Å². The van der Waals surface area contributed by atoms with Gasteiger partial charge in [0.1, 0.15) is 11.6 Å². The number of Topliss-reactive ketones (excluding diaryl/α,β-unsaturated/α-hetero) is 1. The van der Waals surface area contributed by atoms with Crippen LogP contribution in [0.25, 0.3) is 11.3 Å². The van der Waals surface area contributed by atoms with Gasteiger partial charge in [0.15, 0.2) is 0 Å². The predicted molar refractivity (Wildman–Crippen MR) is 123 cm³/mol. The molecule has 2 aromatic rings. The molecule has 0 unspecified atom stereocenters. The number of ketones is 1. The van der Waals surface area contributed by atoms with E-state index in [2.05, 4.69) is 20.6 Å². The molecule has 2 saturated heterocycles. The maximum atomic E-state index is 12.8. The maximum Gasteiger partial charge on any atom is 0.145 e. The first-order valence-electron chi connectivity index (χ1n) is 11.2. The van der Waals surface area contributed by atoms with Gasteiger partial charge in [-0.2, -0.15) is 0 Å². The summed E-state index contributed by atoms with van der Waals surface area (Å²) in [5, 5.41) is 7.14. The Hall–Kier alpha value is -2.13. The first-order valence-corrected chi connectivity index (χ1v) is 11.5. The van der Waals surface area contributed by atoms with Crippen molar-refractivity contribution in [2.45, 2.75) is 31.8 Å². The molecule has 2 aliphatic rings. The Morgan fingerprint density at radius 1 is 1.28 bits per heavy atom. The van der Waals surface area contributed by atoms with E-state index >= 15 is 0 Å². The number of hydrogen-bond acceptors (Lipinski definition) is 8. The van der Waals surface area contributed by atoms with Crippen molar-refractivity contribution in [3.8, 4) is 11.3 Å². The van der Waals surface area contributed by atoms with Gasteiger partial charge in [0.05, 0.1) is 29.2 Å². The fraction of sp³-hybridized carbons (Fsp3) is 0.565. The van der Waals surface area contributed by atoms with Crippen molar-refractivity contribution in [1.29, 1.82) is 0 Å². The summed E-state index contributed by atoms with van der Waals surface area (Å²) in [5.41, 5.74) is 2.06. The van der Waals surface area contributed by atoms with Gasteiger partial charge in [0.25, 0.3) is 0 Å². The molecular weight excluding hydrogens is 430 g/mol. The third kappa shape index (κ3) is 6.01. The van der Waals surface area contributed by atoms with Gasteiger partial charge < -0.3 is 20.1 Å². The van der Waals surface area contributed by atoms with Gasteiger partial charge in [-0.1, -0.05) is 11.6 Å². The first-order chi connectivity index (χ1) is 15.6. The van der Waals surface area contributed by atoms with Gasteiger partial charge in [-0.15, -0.1) is 0 Å². The summed E-state index contributed by atoms with van der Waals surface area (Å²) in [6.07, 6.45) is 8.13. The number of pyridine rings is 1. The number of carbonyl (C=O) groups is 1. The zero-order chi connectivity index (χ0) is 22.3. The smallest absolute Gasteiger partial charge is 0.145 e. The van der Waals surface area contributed by atoms with E-state index in [0.29, 0.717) is 34.7 Å². The van der Waals surface area contributed by atoms with E-state index in [1.54, 1.807) is 25.7 Å². The van der Waals surface area contributed by atoms with Crippen LogP contribution in [0, 0.1) is 11.8 Å². The number of nitrogens with zero attached hydrogens (tertiary/aromatic N) is 3. The van der Waals surface area contributed by atoms with E-state index < -0.39 is 0 Å². The van der Waals surface area contributed by atoms with Crippen LogP contribution in [-0.4, -0.2) is 66.8 Å². The molecular formula is C23H30ClN5O3. The lowest BCUT2D eigenvalue weighted by molar-refractivity contribution is -0.124. The number of aromatic nitrogens is 3. The molecule has 8 nitrogen and oxygen atoms in total. The molecule has 9 heteroatoms. The van der Waals surface area contributed by atoms with Crippen LogP contribution in [0.1, 0.15) is 25.0 Å². The Labute approximate surface area is 193 Å². The third-order valence-electron chi connectivity index (χ3n) is 6.19. The minimum absolute atomic E-state index is 0.0677. The monoisotopic (exact) mass is 459 g/mol. The molecule has 172 valence electrons. The lowest BCUT2D eigenvalue weighted by atomic mass is 9.91. The zero-order valence-electron chi connectivity index (χ0n) is 18.3. The molecule has 0 radical (unpaired) electrons. The number of nitrogens with one attached hydrogen (secondary N) is 2.